The SMILES string of the molecule is CCn1ncc2c(NC3CCOCC3)c(-c3nc(CC(=O)NCc4ccc(S(C)(=O)=O)cc4)co3)cnc21. The second-order valence-electron chi connectivity index (χ2n) is 9.29. The summed E-state index contributed by atoms with van der Waals surface area (Å²) in [4.78, 5) is 22.0. The summed E-state index contributed by atoms with van der Waals surface area (Å²) in [5, 5.41) is 11.8. The van der Waals surface area contributed by atoms with E-state index in [4.69, 9.17) is 9.15 Å². The lowest BCUT2D eigenvalue weighted by atomic mass is 10.1. The van der Waals surface area contributed by atoms with Gasteiger partial charge in [-0.05, 0) is 37.5 Å². The Bertz CT molecular complexity index is 1540. The summed E-state index contributed by atoms with van der Waals surface area (Å²) < 4.78 is 36.4. The fourth-order valence-corrected chi connectivity index (χ4v) is 5.05. The van der Waals surface area contributed by atoms with Crippen molar-refractivity contribution in [1.82, 2.24) is 25.1 Å². The molecule has 11 nitrogen and oxygen atoms in total. The maximum Gasteiger partial charge on any atom is 0.229 e. The first-order valence-electron chi connectivity index (χ1n) is 12.5. The van der Waals surface area contributed by atoms with E-state index in [0.717, 1.165) is 41.4 Å². The molecule has 0 bridgehead atoms. The van der Waals surface area contributed by atoms with Crippen LogP contribution in [0.4, 0.5) is 5.69 Å². The summed E-state index contributed by atoms with van der Waals surface area (Å²) in [6.07, 6.45) is 7.99. The molecule has 0 atom stereocenters. The van der Waals surface area contributed by atoms with Gasteiger partial charge >= 0.3 is 0 Å². The smallest absolute Gasteiger partial charge is 0.229 e. The summed E-state index contributed by atoms with van der Waals surface area (Å²) in [6, 6.07) is 6.66. The average Bonchev–Trinajstić information content (AvgIpc) is 3.55. The number of hydrogen-bond donors (Lipinski definition) is 2. The molecule has 38 heavy (non-hydrogen) atoms. The lowest BCUT2D eigenvalue weighted by Crippen LogP contribution is -2.28. The highest BCUT2D eigenvalue weighted by Crippen LogP contribution is 2.34. The third-order valence-electron chi connectivity index (χ3n) is 6.50. The van der Waals surface area contributed by atoms with E-state index in [1.54, 1.807) is 24.5 Å². The van der Waals surface area contributed by atoms with E-state index in [2.05, 4.69) is 25.7 Å². The van der Waals surface area contributed by atoms with Crippen molar-refractivity contribution >= 4 is 32.5 Å². The van der Waals surface area contributed by atoms with Gasteiger partial charge in [0.1, 0.15) is 6.26 Å². The molecule has 2 N–H and O–H groups in total. The fourth-order valence-electron chi connectivity index (χ4n) is 4.42. The van der Waals surface area contributed by atoms with Gasteiger partial charge in [-0.1, -0.05) is 12.1 Å². The standard InChI is InChI=1S/C26H30N6O5S/c1-3-32-25-21(15-29-32)24(30-18-8-10-36-11-9-18)22(14-28-25)26-31-19(16-37-26)12-23(33)27-13-17-4-6-20(7-5-17)38(2,34)35/h4-7,14-16,18H,3,8-13H2,1-2H3,(H,27,33)(H,28,30). The van der Waals surface area contributed by atoms with Gasteiger partial charge in [-0.15, -0.1) is 0 Å². The molecule has 1 aromatic carbocycles. The molecule has 5 rings (SSSR count). The molecule has 1 amide bonds. The van der Waals surface area contributed by atoms with Gasteiger partial charge in [-0.2, -0.15) is 5.10 Å². The summed E-state index contributed by atoms with van der Waals surface area (Å²) >= 11 is 0. The van der Waals surface area contributed by atoms with E-state index in [-0.39, 0.29) is 29.8 Å². The Kier molecular flexibility index (Phi) is 7.43. The maximum absolute atomic E-state index is 12.6. The largest absolute Gasteiger partial charge is 0.444 e. The Hall–Kier alpha value is -3.77. The van der Waals surface area contributed by atoms with E-state index in [1.165, 1.54) is 18.4 Å². The third-order valence-corrected chi connectivity index (χ3v) is 7.63. The van der Waals surface area contributed by atoms with Crippen molar-refractivity contribution in [1.29, 1.82) is 0 Å². The van der Waals surface area contributed by atoms with Gasteiger partial charge in [0.15, 0.2) is 15.5 Å². The number of aromatic nitrogens is 4. The number of pyridine rings is 1. The topological polar surface area (TPSA) is 141 Å². The Labute approximate surface area is 220 Å². The highest BCUT2D eigenvalue weighted by atomic mass is 32.2. The number of carbonyl (C=O) groups excluding carboxylic acids is 1. The minimum absolute atomic E-state index is 0.0388. The summed E-state index contributed by atoms with van der Waals surface area (Å²) in [7, 11) is -3.26. The highest BCUT2D eigenvalue weighted by molar-refractivity contribution is 7.90. The van der Waals surface area contributed by atoms with E-state index in [9.17, 15) is 13.2 Å². The predicted molar refractivity (Wildman–Crippen MR) is 141 cm³/mol. The van der Waals surface area contributed by atoms with Crippen LogP contribution in [0.5, 0.6) is 0 Å². The molecule has 3 aromatic heterocycles. The van der Waals surface area contributed by atoms with Crippen molar-refractivity contribution < 1.29 is 22.4 Å². The zero-order chi connectivity index (χ0) is 26.7. The molecular formula is C26H30N6O5S. The molecule has 0 saturated carbocycles. The lowest BCUT2D eigenvalue weighted by Gasteiger charge is -2.25. The number of oxazole rings is 1. The number of benzene rings is 1. The molecule has 0 aliphatic carbocycles. The van der Waals surface area contributed by atoms with E-state index in [0.29, 0.717) is 36.9 Å². The first-order chi connectivity index (χ1) is 18.3. The number of hydrogen-bond acceptors (Lipinski definition) is 9. The number of nitrogens with zero attached hydrogens (tertiary/aromatic N) is 4. The van der Waals surface area contributed by atoms with E-state index >= 15 is 0 Å². The van der Waals surface area contributed by atoms with Gasteiger partial charge in [-0.3, -0.25) is 4.79 Å². The molecule has 4 aromatic rings. The highest BCUT2D eigenvalue weighted by Gasteiger charge is 2.22. The van der Waals surface area contributed by atoms with Crippen LogP contribution in [0.15, 0.2) is 52.2 Å². The van der Waals surface area contributed by atoms with Crippen LogP contribution in [0.25, 0.3) is 22.5 Å². The molecule has 12 heteroatoms. The normalized spacial score (nSPS) is 14.6. The van der Waals surface area contributed by atoms with Crippen LogP contribution in [-0.2, 0) is 38.9 Å². The minimum atomic E-state index is -3.26. The van der Waals surface area contributed by atoms with Crippen LogP contribution in [0.1, 0.15) is 31.0 Å². The molecule has 1 aliphatic rings. The second-order valence-corrected chi connectivity index (χ2v) is 11.3. The number of amides is 1. The van der Waals surface area contributed by atoms with Crippen molar-refractivity contribution in [3.63, 3.8) is 0 Å². The molecule has 4 heterocycles. The van der Waals surface area contributed by atoms with Gasteiger partial charge in [-0.25, -0.2) is 23.1 Å². The van der Waals surface area contributed by atoms with Crippen LogP contribution >= 0.6 is 0 Å². The Morgan fingerprint density at radius 2 is 1.92 bits per heavy atom. The van der Waals surface area contributed by atoms with Gasteiger partial charge in [0.25, 0.3) is 0 Å². The van der Waals surface area contributed by atoms with Crippen LogP contribution in [0.2, 0.25) is 0 Å². The van der Waals surface area contributed by atoms with Crippen molar-refractivity contribution in [2.45, 2.75) is 50.2 Å². The van der Waals surface area contributed by atoms with Crippen LogP contribution in [-0.4, -0.2) is 59.6 Å². The monoisotopic (exact) mass is 538 g/mol. The van der Waals surface area contributed by atoms with Crippen molar-refractivity contribution in [3.05, 3.63) is 54.2 Å². The molecule has 1 saturated heterocycles. The van der Waals surface area contributed by atoms with Gasteiger partial charge in [0.2, 0.25) is 11.8 Å². The Morgan fingerprint density at radius 1 is 1.16 bits per heavy atom. The molecule has 1 aliphatic heterocycles. The number of ether oxygens (including phenoxy) is 1. The van der Waals surface area contributed by atoms with Gasteiger partial charge in [0.05, 0.1) is 39.8 Å². The second kappa shape index (κ2) is 10.9. The van der Waals surface area contributed by atoms with Crippen molar-refractivity contribution in [2.75, 3.05) is 24.8 Å². The van der Waals surface area contributed by atoms with E-state index in [1.807, 2.05) is 11.6 Å². The van der Waals surface area contributed by atoms with Crippen LogP contribution in [0, 0.1) is 0 Å². The molecule has 0 unspecified atom stereocenters. The number of fused-ring (bicyclic) bond motifs is 1. The number of aryl methyl sites for hydroxylation is 1. The van der Waals surface area contributed by atoms with Gasteiger partial charge in [0, 0.05) is 44.8 Å². The zero-order valence-corrected chi connectivity index (χ0v) is 22.1. The maximum atomic E-state index is 12.6. The molecular weight excluding hydrogens is 508 g/mol. The summed E-state index contributed by atoms with van der Waals surface area (Å²) in [5.41, 5.74) is 3.63. The van der Waals surface area contributed by atoms with Crippen molar-refractivity contribution in [2.24, 2.45) is 0 Å². The van der Waals surface area contributed by atoms with Crippen molar-refractivity contribution in [3.8, 4) is 11.5 Å². The number of anilines is 1. The van der Waals surface area contributed by atoms with Crippen LogP contribution in [0.3, 0.4) is 0 Å². The van der Waals surface area contributed by atoms with Gasteiger partial charge < -0.3 is 19.8 Å². The molecule has 0 spiro atoms. The average molecular weight is 539 g/mol. The number of rotatable bonds is 9. The van der Waals surface area contributed by atoms with Crippen LogP contribution < -0.4 is 10.6 Å². The summed E-state index contributed by atoms with van der Waals surface area (Å²) in [6.45, 7) is 4.40. The molecule has 200 valence electrons. The molecule has 1 fully saturated rings. The third kappa shape index (κ3) is 5.70. The first kappa shape index (κ1) is 25.9. The quantitative estimate of drug-likeness (QED) is 0.329. The number of sulfone groups is 1. The predicted octanol–water partition coefficient (Wildman–Crippen LogP) is 2.96. The summed E-state index contributed by atoms with van der Waals surface area (Å²) in [5.74, 6) is 0.146. The van der Waals surface area contributed by atoms with E-state index < -0.39 is 9.84 Å². The lowest BCUT2D eigenvalue weighted by molar-refractivity contribution is -0.120. The minimum Gasteiger partial charge on any atom is -0.444 e. The Balaban J connectivity index is 1.31. The fraction of sp³-hybridized carbons (Fsp3) is 0.385. The Morgan fingerprint density at radius 3 is 2.63 bits per heavy atom. The zero-order valence-electron chi connectivity index (χ0n) is 21.3. The number of carbonyl (C=O) groups is 1. The number of nitrogens with one attached hydrogen (secondary N) is 2. The first-order valence-corrected chi connectivity index (χ1v) is 14.4. The molecule has 0 radical (unpaired) electrons.